The van der Waals surface area contributed by atoms with E-state index in [1.165, 1.54) is 0 Å². The maximum Gasteiger partial charge on any atom is 0.410 e. The summed E-state index contributed by atoms with van der Waals surface area (Å²) in [6.07, 6.45) is 3.46. The Morgan fingerprint density at radius 1 is 1.28 bits per heavy atom. The first-order valence-electron chi connectivity index (χ1n) is 6.59. The van der Waals surface area contributed by atoms with E-state index in [2.05, 4.69) is 5.94 Å². The summed E-state index contributed by atoms with van der Waals surface area (Å²) in [6, 6.07) is 0. The number of likely N-dealkylation sites (tertiary alicyclic amines) is 1. The predicted molar refractivity (Wildman–Crippen MR) is 67.9 cm³/mol. The van der Waals surface area contributed by atoms with E-state index in [9.17, 15) is 9.59 Å². The van der Waals surface area contributed by atoms with Gasteiger partial charge in [-0.25, -0.2) is 9.59 Å². The number of ether oxygens (including phenoxy) is 1. The van der Waals surface area contributed by atoms with Gasteiger partial charge in [-0.15, -0.1) is 0 Å². The van der Waals surface area contributed by atoms with Crippen LogP contribution in [0, 0.1) is 5.41 Å². The maximum absolute atomic E-state index is 11.9. The molecule has 2 rings (SSSR count). The Labute approximate surface area is 108 Å². The van der Waals surface area contributed by atoms with Crippen molar-refractivity contribution < 1.29 is 14.3 Å². The molecule has 0 radical (unpaired) electrons. The normalized spacial score (nSPS) is 22.4. The van der Waals surface area contributed by atoms with Gasteiger partial charge < -0.3 is 9.64 Å². The summed E-state index contributed by atoms with van der Waals surface area (Å²) in [5.74, 6) is 2.08. The SMILES string of the molecule is CC(C)(C)OC(=O)N1CCC2(CCC2=C=O)CC1. The lowest BCUT2D eigenvalue weighted by molar-refractivity contribution is 0.00851. The first kappa shape index (κ1) is 13.2. The number of piperidine rings is 1. The Kier molecular flexibility index (Phi) is 3.24. The first-order chi connectivity index (χ1) is 8.36. The zero-order chi connectivity index (χ0) is 13.4. The van der Waals surface area contributed by atoms with E-state index in [1.807, 2.05) is 20.8 Å². The van der Waals surface area contributed by atoms with Gasteiger partial charge in [-0.2, -0.15) is 0 Å². The Morgan fingerprint density at radius 2 is 1.89 bits per heavy atom. The molecule has 1 spiro atoms. The number of amides is 1. The Bertz CT molecular complexity index is 394. The predicted octanol–water partition coefficient (Wildman–Crippen LogP) is 2.56. The van der Waals surface area contributed by atoms with Crippen LogP contribution in [0.1, 0.15) is 46.5 Å². The summed E-state index contributed by atoms with van der Waals surface area (Å²) >= 11 is 0. The van der Waals surface area contributed by atoms with Crippen molar-refractivity contribution in [2.75, 3.05) is 13.1 Å². The van der Waals surface area contributed by atoms with Crippen molar-refractivity contribution in [3.05, 3.63) is 5.57 Å². The summed E-state index contributed by atoms with van der Waals surface area (Å²) in [5, 5.41) is 0. The van der Waals surface area contributed by atoms with E-state index in [0.717, 1.165) is 31.3 Å². The van der Waals surface area contributed by atoms with Gasteiger partial charge >= 0.3 is 6.09 Å². The van der Waals surface area contributed by atoms with Gasteiger partial charge in [-0.3, -0.25) is 0 Å². The molecule has 0 N–H and O–H groups in total. The number of hydrogen-bond donors (Lipinski definition) is 0. The molecule has 0 bridgehead atoms. The number of hydrogen-bond acceptors (Lipinski definition) is 3. The average molecular weight is 251 g/mol. The minimum atomic E-state index is -0.448. The van der Waals surface area contributed by atoms with E-state index in [1.54, 1.807) is 4.90 Å². The van der Waals surface area contributed by atoms with Crippen LogP contribution in [0.2, 0.25) is 0 Å². The molecule has 4 nitrogen and oxygen atoms in total. The van der Waals surface area contributed by atoms with Crippen LogP contribution in [0.5, 0.6) is 0 Å². The largest absolute Gasteiger partial charge is 0.444 e. The van der Waals surface area contributed by atoms with Crippen LogP contribution in [-0.2, 0) is 9.53 Å². The molecular formula is C14H21NO3. The maximum atomic E-state index is 11.9. The number of carbonyl (C=O) groups excluding carboxylic acids is 2. The van der Waals surface area contributed by atoms with E-state index in [-0.39, 0.29) is 11.5 Å². The highest BCUT2D eigenvalue weighted by molar-refractivity contribution is 5.68. The van der Waals surface area contributed by atoms with E-state index in [4.69, 9.17) is 4.74 Å². The zero-order valence-corrected chi connectivity index (χ0v) is 11.4. The Morgan fingerprint density at radius 3 is 2.28 bits per heavy atom. The van der Waals surface area contributed by atoms with Crippen LogP contribution in [-0.4, -0.2) is 35.6 Å². The van der Waals surface area contributed by atoms with Crippen LogP contribution in [0.3, 0.4) is 0 Å². The second-order valence-electron chi connectivity index (χ2n) is 6.33. The van der Waals surface area contributed by atoms with Gasteiger partial charge in [0.15, 0.2) is 0 Å². The molecule has 4 heteroatoms. The fraction of sp³-hybridized carbons (Fsp3) is 0.786. The zero-order valence-electron chi connectivity index (χ0n) is 11.4. The number of carbonyl (C=O) groups is 1. The lowest BCUT2D eigenvalue weighted by Gasteiger charge is -2.48. The highest BCUT2D eigenvalue weighted by Gasteiger charge is 2.46. The first-order valence-corrected chi connectivity index (χ1v) is 6.59. The van der Waals surface area contributed by atoms with E-state index < -0.39 is 5.60 Å². The Balaban J connectivity index is 1.91. The molecule has 1 aliphatic carbocycles. The smallest absolute Gasteiger partial charge is 0.410 e. The standard InChI is InChI=1S/C14H21NO3/c1-13(2,3)18-12(17)15-8-6-14(7-9-15)5-4-11(14)10-16/h4-9H2,1-3H3. The monoisotopic (exact) mass is 251 g/mol. The lowest BCUT2D eigenvalue weighted by atomic mass is 9.60. The lowest BCUT2D eigenvalue weighted by Crippen LogP contribution is -2.48. The van der Waals surface area contributed by atoms with Gasteiger partial charge in [0, 0.05) is 24.1 Å². The third kappa shape index (κ3) is 2.44. The average Bonchev–Trinajstić information content (AvgIpc) is 2.26. The van der Waals surface area contributed by atoms with Crippen LogP contribution in [0.25, 0.3) is 0 Å². The fourth-order valence-electron chi connectivity index (χ4n) is 2.76. The summed E-state index contributed by atoms with van der Waals surface area (Å²) in [6.45, 7) is 6.97. The molecule has 2 fully saturated rings. The van der Waals surface area contributed by atoms with Gasteiger partial charge in [0.1, 0.15) is 11.5 Å². The molecule has 2 aliphatic rings. The molecule has 0 atom stereocenters. The summed E-state index contributed by atoms with van der Waals surface area (Å²) < 4.78 is 5.35. The van der Waals surface area contributed by atoms with Crippen LogP contribution in [0.15, 0.2) is 5.57 Å². The minimum Gasteiger partial charge on any atom is -0.444 e. The molecular weight excluding hydrogens is 230 g/mol. The van der Waals surface area contributed by atoms with E-state index >= 15 is 0 Å². The van der Waals surface area contributed by atoms with Gasteiger partial charge in [0.05, 0.1) is 0 Å². The minimum absolute atomic E-state index is 0.0558. The molecule has 1 saturated heterocycles. The Hall–Kier alpha value is -1.28. The van der Waals surface area contributed by atoms with Crippen LogP contribution in [0.4, 0.5) is 4.79 Å². The summed E-state index contributed by atoms with van der Waals surface area (Å²) in [7, 11) is 0. The van der Waals surface area contributed by atoms with Crippen molar-refractivity contribution in [3.63, 3.8) is 0 Å². The summed E-state index contributed by atoms with van der Waals surface area (Å²) in [5.41, 5.74) is 0.530. The van der Waals surface area contributed by atoms with Crippen molar-refractivity contribution >= 4 is 12.0 Å². The molecule has 1 aliphatic heterocycles. The number of allylic oxidation sites excluding steroid dienone is 1. The van der Waals surface area contributed by atoms with E-state index in [0.29, 0.717) is 13.1 Å². The quantitative estimate of drug-likeness (QED) is 0.622. The topological polar surface area (TPSA) is 46.6 Å². The molecule has 1 saturated carbocycles. The van der Waals surface area contributed by atoms with Crippen LogP contribution >= 0.6 is 0 Å². The number of rotatable bonds is 0. The van der Waals surface area contributed by atoms with Crippen molar-refractivity contribution in [2.45, 2.75) is 52.1 Å². The molecule has 100 valence electrons. The highest BCUT2D eigenvalue weighted by atomic mass is 16.6. The molecule has 0 aromatic heterocycles. The van der Waals surface area contributed by atoms with Crippen molar-refractivity contribution in [1.82, 2.24) is 4.90 Å². The molecule has 18 heavy (non-hydrogen) atoms. The van der Waals surface area contributed by atoms with Crippen molar-refractivity contribution in [2.24, 2.45) is 5.41 Å². The molecule has 0 aromatic rings. The molecule has 1 amide bonds. The second-order valence-corrected chi connectivity index (χ2v) is 6.33. The van der Waals surface area contributed by atoms with Crippen LogP contribution < -0.4 is 0 Å². The third-order valence-electron chi connectivity index (χ3n) is 3.99. The van der Waals surface area contributed by atoms with Gasteiger partial charge in [0.2, 0.25) is 0 Å². The fourth-order valence-corrected chi connectivity index (χ4v) is 2.76. The number of nitrogens with zero attached hydrogens (tertiary/aromatic N) is 1. The third-order valence-corrected chi connectivity index (χ3v) is 3.99. The highest BCUT2D eigenvalue weighted by Crippen LogP contribution is 2.52. The van der Waals surface area contributed by atoms with Gasteiger partial charge in [-0.1, -0.05) is 0 Å². The van der Waals surface area contributed by atoms with Crippen molar-refractivity contribution in [3.8, 4) is 0 Å². The van der Waals surface area contributed by atoms with Gasteiger partial charge in [0.25, 0.3) is 0 Å². The molecule has 0 unspecified atom stereocenters. The molecule has 1 heterocycles. The summed E-state index contributed by atoms with van der Waals surface area (Å²) in [4.78, 5) is 24.4. The van der Waals surface area contributed by atoms with Gasteiger partial charge in [-0.05, 0) is 46.5 Å². The second kappa shape index (κ2) is 4.43. The molecule has 0 aromatic carbocycles. The van der Waals surface area contributed by atoms with Crippen molar-refractivity contribution in [1.29, 1.82) is 0 Å².